The van der Waals surface area contributed by atoms with E-state index in [2.05, 4.69) is 9.97 Å². The van der Waals surface area contributed by atoms with Gasteiger partial charge in [-0.2, -0.15) is 0 Å². The molecule has 1 aliphatic heterocycles. The Labute approximate surface area is 176 Å². The first-order valence-corrected chi connectivity index (χ1v) is 11.9. The van der Waals surface area contributed by atoms with Gasteiger partial charge in [-0.3, -0.25) is 14.8 Å². The molecule has 2 aliphatic rings. The van der Waals surface area contributed by atoms with Crippen LogP contribution >= 0.6 is 11.6 Å². The third-order valence-electron chi connectivity index (χ3n) is 6.15. The lowest BCUT2D eigenvalue weighted by atomic mass is 9.93. The van der Waals surface area contributed by atoms with Crippen molar-refractivity contribution in [2.24, 2.45) is 0 Å². The van der Waals surface area contributed by atoms with Gasteiger partial charge in [0.25, 0.3) is 0 Å². The molecule has 1 aromatic carbocycles. The van der Waals surface area contributed by atoms with Crippen molar-refractivity contribution in [1.29, 1.82) is 0 Å². The Morgan fingerprint density at radius 1 is 1.10 bits per heavy atom. The van der Waals surface area contributed by atoms with E-state index in [0.717, 1.165) is 31.4 Å². The highest BCUT2D eigenvalue weighted by atomic mass is 35.5. The summed E-state index contributed by atoms with van der Waals surface area (Å²) in [4.78, 5) is 24.1. The Balaban J connectivity index is 1.64. The van der Waals surface area contributed by atoms with E-state index in [1.54, 1.807) is 35.6 Å². The minimum absolute atomic E-state index is 0.0816. The van der Waals surface area contributed by atoms with Gasteiger partial charge in [-0.1, -0.05) is 24.4 Å². The van der Waals surface area contributed by atoms with Gasteiger partial charge in [-0.15, -0.1) is 0 Å². The highest BCUT2D eigenvalue weighted by Gasteiger charge is 2.54. The standard InChI is InChI=1S/C21H24ClN3O3S/c22-17-5-7-18(8-6-17)29(27,28)21(9-1-2-10-21)20(26)25-13-3-4-16(15-25)19-14-23-11-12-24-19/h5-8,11-12,14,16H,1-4,9-10,13,15H2. The number of amides is 1. The molecule has 1 amide bonds. The summed E-state index contributed by atoms with van der Waals surface area (Å²) in [6, 6.07) is 6.13. The molecule has 0 N–H and O–H groups in total. The summed E-state index contributed by atoms with van der Waals surface area (Å²) in [5.41, 5.74) is 0.853. The average Bonchev–Trinajstić information content (AvgIpc) is 3.26. The summed E-state index contributed by atoms with van der Waals surface area (Å²) in [6.45, 7) is 1.06. The molecule has 8 heteroatoms. The fraction of sp³-hybridized carbons (Fsp3) is 0.476. The van der Waals surface area contributed by atoms with Gasteiger partial charge in [-0.05, 0) is 49.9 Å². The van der Waals surface area contributed by atoms with Crippen LogP contribution in [0.5, 0.6) is 0 Å². The van der Waals surface area contributed by atoms with Crippen LogP contribution < -0.4 is 0 Å². The number of aromatic nitrogens is 2. The molecule has 154 valence electrons. The number of sulfone groups is 1. The number of halogens is 1. The maximum atomic E-state index is 13.7. The largest absolute Gasteiger partial charge is 0.341 e. The van der Waals surface area contributed by atoms with Crippen molar-refractivity contribution in [3.63, 3.8) is 0 Å². The van der Waals surface area contributed by atoms with E-state index >= 15 is 0 Å². The Hall–Kier alpha value is -1.99. The molecule has 1 unspecified atom stereocenters. The first kappa shape index (κ1) is 20.3. The average molecular weight is 434 g/mol. The Morgan fingerprint density at radius 3 is 2.48 bits per heavy atom. The van der Waals surface area contributed by atoms with Crippen LogP contribution in [0.4, 0.5) is 0 Å². The van der Waals surface area contributed by atoms with Crippen LogP contribution in [-0.2, 0) is 14.6 Å². The number of piperidine rings is 1. The van der Waals surface area contributed by atoms with Crippen LogP contribution in [0, 0.1) is 0 Å². The third-order valence-corrected chi connectivity index (χ3v) is 8.91. The lowest BCUT2D eigenvalue weighted by Gasteiger charge is -2.38. The normalized spacial score (nSPS) is 21.8. The zero-order valence-electron chi connectivity index (χ0n) is 16.1. The molecule has 29 heavy (non-hydrogen) atoms. The SMILES string of the molecule is O=C(N1CCCC(c2cnccn2)C1)C1(S(=O)(=O)c2ccc(Cl)cc2)CCCC1. The zero-order chi connectivity index (χ0) is 20.5. The van der Waals surface area contributed by atoms with Crippen molar-refractivity contribution in [3.8, 4) is 0 Å². The molecule has 0 spiro atoms. The number of benzene rings is 1. The van der Waals surface area contributed by atoms with Crippen LogP contribution in [-0.4, -0.2) is 47.0 Å². The molecule has 2 aromatic rings. The molecule has 6 nitrogen and oxygen atoms in total. The summed E-state index contributed by atoms with van der Waals surface area (Å²) < 4.78 is 25.8. The van der Waals surface area contributed by atoms with Gasteiger partial charge in [0.1, 0.15) is 0 Å². The molecular weight excluding hydrogens is 410 g/mol. The summed E-state index contributed by atoms with van der Waals surface area (Å²) in [5, 5.41) is 0.471. The summed E-state index contributed by atoms with van der Waals surface area (Å²) in [5.74, 6) is -0.184. The smallest absolute Gasteiger partial charge is 0.244 e. The number of hydrogen-bond acceptors (Lipinski definition) is 5. The molecule has 1 saturated heterocycles. The predicted molar refractivity (Wildman–Crippen MR) is 110 cm³/mol. The quantitative estimate of drug-likeness (QED) is 0.735. The third kappa shape index (κ3) is 3.66. The van der Waals surface area contributed by atoms with Crippen LogP contribution in [0.3, 0.4) is 0 Å². The molecule has 1 saturated carbocycles. The molecule has 4 rings (SSSR count). The van der Waals surface area contributed by atoms with Gasteiger partial charge in [0.05, 0.1) is 10.6 Å². The first-order valence-electron chi connectivity index (χ1n) is 9.99. The molecule has 0 radical (unpaired) electrons. The van der Waals surface area contributed by atoms with Crippen LogP contribution in [0.15, 0.2) is 47.8 Å². The second kappa shape index (κ2) is 8.03. The first-order chi connectivity index (χ1) is 13.9. The number of nitrogens with zero attached hydrogens (tertiary/aromatic N) is 3. The van der Waals surface area contributed by atoms with Gasteiger partial charge in [-0.25, -0.2) is 8.42 Å². The predicted octanol–water partition coefficient (Wildman–Crippen LogP) is 3.62. The summed E-state index contributed by atoms with van der Waals surface area (Å²) in [6.07, 6.45) is 8.95. The van der Waals surface area contributed by atoms with Crippen molar-refractivity contribution in [1.82, 2.24) is 14.9 Å². The van der Waals surface area contributed by atoms with E-state index in [1.807, 2.05) is 0 Å². The van der Waals surface area contributed by atoms with E-state index in [4.69, 9.17) is 11.6 Å². The monoisotopic (exact) mass is 433 g/mol. The van der Waals surface area contributed by atoms with Crippen LogP contribution in [0.25, 0.3) is 0 Å². The van der Waals surface area contributed by atoms with Crippen molar-refractivity contribution < 1.29 is 13.2 Å². The maximum absolute atomic E-state index is 13.7. The number of likely N-dealkylation sites (tertiary alicyclic amines) is 1. The van der Waals surface area contributed by atoms with Gasteiger partial charge < -0.3 is 4.90 Å². The van der Waals surface area contributed by atoms with Crippen LogP contribution in [0.1, 0.15) is 50.1 Å². The minimum atomic E-state index is -3.83. The van der Waals surface area contributed by atoms with Crippen molar-refractivity contribution in [2.45, 2.75) is 54.1 Å². The maximum Gasteiger partial charge on any atom is 0.244 e. The summed E-state index contributed by atoms with van der Waals surface area (Å²) in [7, 11) is -3.83. The second-order valence-electron chi connectivity index (χ2n) is 7.88. The fourth-order valence-electron chi connectivity index (χ4n) is 4.60. The zero-order valence-corrected chi connectivity index (χ0v) is 17.7. The molecular formula is C21H24ClN3O3S. The van der Waals surface area contributed by atoms with E-state index in [1.165, 1.54) is 12.1 Å². The van der Waals surface area contributed by atoms with E-state index < -0.39 is 14.6 Å². The lowest BCUT2D eigenvalue weighted by Crippen LogP contribution is -2.54. The fourth-order valence-corrected chi connectivity index (χ4v) is 6.85. The molecule has 2 heterocycles. The number of carbonyl (C=O) groups excluding carboxylic acids is 1. The van der Waals surface area contributed by atoms with Crippen molar-refractivity contribution in [2.75, 3.05) is 13.1 Å². The minimum Gasteiger partial charge on any atom is -0.341 e. The van der Waals surface area contributed by atoms with Gasteiger partial charge >= 0.3 is 0 Å². The second-order valence-corrected chi connectivity index (χ2v) is 10.6. The molecule has 1 aliphatic carbocycles. The van der Waals surface area contributed by atoms with E-state index in [0.29, 0.717) is 31.0 Å². The van der Waals surface area contributed by atoms with Gasteiger partial charge in [0.2, 0.25) is 5.91 Å². The highest BCUT2D eigenvalue weighted by Crippen LogP contribution is 2.43. The van der Waals surface area contributed by atoms with E-state index in [9.17, 15) is 13.2 Å². The molecule has 2 fully saturated rings. The van der Waals surface area contributed by atoms with Crippen molar-refractivity contribution >= 4 is 27.3 Å². The number of carbonyl (C=O) groups is 1. The Bertz CT molecular complexity index is 974. The van der Waals surface area contributed by atoms with E-state index in [-0.39, 0.29) is 16.7 Å². The van der Waals surface area contributed by atoms with Gasteiger partial charge in [0, 0.05) is 42.6 Å². The molecule has 1 atom stereocenters. The van der Waals surface area contributed by atoms with Crippen molar-refractivity contribution in [3.05, 3.63) is 53.6 Å². The van der Waals surface area contributed by atoms with Crippen LogP contribution in [0.2, 0.25) is 5.02 Å². The highest BCUT2D eigenvalue weighted by molar-refractivity contribution is 7.93. The molecule has 1 aromatic heterocycles. The Kier molecular flexibility index (Phi) is 5.62. The lowest BCUT2D eigenvalue weighted by molar-refractivity contribution is -0.135. The summed E-state index contributed by atoms with van der Waals surface area (Å²) >= 11 is 5.93. The topological polar surface area (TPSA) is 80.2 Å². The number of hydrogen-bond donors (Lipinski definition) is 0. The number of rotatable bonds is 4. The van der Waals surface area contributed by atoms with Gasteiger partial charge in [0.15, 0.2) is 14.6 Å². The molecule has 0 bridgehead atoms. The Morgan fingerprint density at radius 2 is 1.83 bits per heavy atom.